The quantitative estimate of drug-likeness (QED) is 0.911. The van der Waals surface area contributed by atoms with E-state index in [9.17, 15) is 0 Å². The Balaban J connectivity index is 2.29. The lowest BCUT2D eigenvalue weighted by Gasteiger charge is -2.23. The predicted molar refractivity (Wildman–Crippen MR) is 88.9 cm³/mol. The summed E-state index contributed by atoms with van der Waals surface area (Å²) < 4.78 is 3.33. The van der Waals surface area contributed by atoms with E-state index in [1.54, 1.807) is 0 Å². The van der Waals surface area contributed by atoms with Crippen LogP contribution in [-0.2, 0) is 13.0 Å². The highest BCUT2D eigenvalue weighted by molar-refractivity contribution is 9.10. The van der Waals surface area contributed by atoms with Crippen LogP contribution in [0.3, 0.4) is 0 Å². The first-order valence-corrected chi connectivity index (χ1v) is 7.99. The minimum absolute atomic E-state index is 0.153. The second-order valence-corrected chi connectivity index (χ2v) is 7.55. The van der Waals surface area contributed by atoms with Gasteiger partial charge in [0.05, 0.1) is 11.0 Å². The Morgan fingerprint density at radius 1 is 1.35 bits per heavy atom. The van der Waals surface area contributed by atoms with Crippen LogP contribution in [0.2, 0.25) is 0 Å². The summed E-state index contributed by atoms with van der Waals surface area (Å²) in [7, 11) is 0. The number of hydrogen-bond acceptors (Lipinski definition) is 2. The molecule has 0 radical (unpaired) electrons. The monoisotopic (exact) mass is 337 g/mol. The minimum atomic E-state index is 0.153. The number of rotatable bonds is 4. The summed E-state index contributed by atoms with van der Waals surface area (Å²) >= 11 is 3.50. The normalized spacial score (nSPS) is 13.9. The molecular formula is C16H24BrN3. The molecule has 0 spiro atoms. The highest BCUT2D eigenvalue weighted by Gasteiger charge is 2.19. The molecule has 0 aliphatic carbocycles. The van der Waals surface area contributed by atoms with Gasteiger partial charge in [0, 0.05) is 23.5 Å². The number of aryl methyl sites for hydroxylation is 1. The van der Waals surface area contributed by atoms with Gasteiger partial charge in [-0.15, -0.1) is 0 Å². The summed E-state index contributed by atoms with van der Waals surface area (Å²) in [4.78, 5) is 4.77. The highest BCUT2D eigenvalue weighted by atomic mass is 79.9. The lowest BCUT2D eigenvalue weighted by atomic mass is 9.87. The van der Waals surface area contributed by atoms with Gasteiger partial charge >= 0.3 is 0 Å². The molecule has 2 aromatic rings. The second kappa shape index (κ2) is 5.86. The van der Waals surface area contributed by atoms with Crippen LogP contribution >= 0.6 is 15.9 Å². The zero-order valence-electron chi connectivity index (χ0n) is 12.8. The van der Waals surface area contributed by atoms with Gasteiger partial charge in [-0.25, -0.2) is 4.98 Å². The van der Waals surface area contributed by atoms with E-state index in [-0.39, 0.29) is 11.5 Å². The van der Waals surface area contributed by atoms with Gasteiger partial charge in [-0.2, -0.15) is 0 Å². The molecule has 4 heteroatoms. The van der Waals surface area contributed by atoms with Crippen molar-refractivity contribution in [3.05, 3.63) is 28.5 Å². The van der Waals surface area contributed by atoms with Crippen LogP contribution < -0.4 is 5.73 Å². The van der Waals surface area contributed by atoms with E-state index in [1.807, 2.05) is 0 Å². The lowest BCUT2D eigenvalue weighted by Crippen LogP contribution is -2.29. The van der Waals surface area contributed by atoms with Crippen molar-refractivity contribution in [2.24, 2.45) is 11.1 Å². The molecule has 0 amide bonds. The first-order valence-electron chi connectivity index (χ1n) is 7.20. The van der Waals surface area contributed by atoms with E-state index in [2.05, 4.69) is 66.4 Å². The van der Waals surface area contributed by atoms with Gasteiger partial charge in [0.15, 0.2) is 0 Å². The number of hydrogen-bond donors (Lipinski definition) is 1. The van der Waals surface area contributed by atoms with Gasteiger partial charge in [-0.05, 0) is 37.0 Å². The highest BCUT2D eigenvalue weighted by Crippen LogP contribution is 2.24. The zero-order chi connectivity index (χ0) is 14.9. The van der Waals surface area contributed by atoms with E-state index >= 15 is 0 Å². The Labute approximate surface area is 129 Å². The van der Waals surface area contributed by atoms with Crippen molar-refractivity contribution in [3.63, 3.8) is 0 Å². The molecule has 20 heavy (non-hydrogen) atoms. The van der Waals surface area contributed by atoms with Crippen molar-refractivity contribution in [2.75, 3.05) is 0 Å². The largest absolute Gasteiger partial charge is 0.328 e. The number of halogens is 1. The third kappa shape index (κ3) is 3.61. The molecule has 0 aliphatic heterocycles. The SMILES string of the molecule is CCn1c(CC(N)CC(C)(C)C)nc2cc(Br)ccc21. The Hall–Kier alpha value is -0.870. The van der Waals surface area contributed by atoms with Crippen LogP contribution in [0.5, 0.6) is 0 Å². The Morgan fingerprint density at radius 3 is 2.65 bits per heavy atom. The molecule has 0 saturated carbocycles. The number of aromatic nitrogens is 2. The molecular weight excluding hydrogens is 314 g/mol. The van der Waals surface area contributed by atoms with Crippen LogP contribution in [-0.4, -0.2) is 15.6 Å². The number of nitrogens with zero attached hydrogens (tertiary/aromatic N) is 2. The standard InChI is InChI=1S/C16H24BrN3/c1-5-20-14-7-6-11(17)8-13(14)19-15(20)9-12(18)10-16(2,3)4/h6-8,12H,5,9-10,18H2,1-4H3. The maximum atomic E-state index is 6.30. The Morgan fingerprint density at radius 2 is 2.05 bits per heavy atom. The third-order valence-corrected chi connectivity index (χ3v) is 3.92. The van der Waals surface area contributed by atoms with E-state index in [1.165, 1.54) is 5.52 Å². The lowest BCUT2D eigenvalue weighted by molar-refractivity contribution is 0.335. The summed E-state index contributed by atoms with van der Waals surface area (Å²) in [6.07, 6.45) is 1.83. The van der Waals surface area contributed by atoms with Crippen LogP contribution in [0.15, 0.2) is 22.7 Å². The molecule has 2 rings (SSSR count). The summed E-state index contributed by atoms with van der Waals surface area (Å²) in [5.41, 5.74) is 8.79. The molecule has 0 fully saturated rings. The fourth-order valence-corrected chi connectivity index (χ4v) is 3.10. The molecule has 0 saturated heterocycles. The summed E-state index contributed by atoms with van der Waals surface area (Å²) in [5.74, 6) is 1.09. The minimum Gasteiger partial charge on any atom is -0.328 e. The molecule has 2 N–H and O–H groups in total. The van der Waals surface area contributed by atoms with Crippen LogP contribution in [0, 0.1) is 5.41 Å². The van der Waals surface area contributed by atoms with Crippen molar-refractivity contribution < 1.29 is 0 Å². The maximum Gasteiger partial charge on any atom is 0.111 e. The molecule has 3 nitrogen and oxygen atoms in total. The van der Waals surface area contributed by atoms with Gasteiger partial charge in [-0.1, -0.05) is 36.7 Å². The zero-order valence-corrected chi connectivity index (χ0v) is 14.4. The number of benzene rings is 1. The number of imidazole rings is 1. The van der Waals surface area contributed by atoms with Crippen molar-refractivity contribution in [2.45, 2.75) is 53.1 Å². The smallest absolute Gasteiger partial charge is 0.111 e. The molecule has 1 heterocycles. The number of nitrogens with two attached hydrogens (primary N) is 1. The van der Waals surface area contributed by atoms with Crippen molar-refractivity contribution >= 4 is 27.0 Å². The first-order chi connectivity index (χ1) is 9.30. The number of fused-ring (bicyclic) bond motifs is 1. The van der Waals surface area contributed by atoms with E-state index in [4.69, 9.17) is 10.7 Å². The average Bonchev–Trinajstić information content (AvgIpc) is 2.62. The Bertz CT molecular complexity index is 596. The third-order valence-electron chi connectivity index (χ3n) is 3.42. The summed E-state index contributed by atoms with van der Waals surface area (Å²) in [6.45, 7) is 9.77. The van der Waals surface area contributed by atoms with Gasteiger partial charge in [-0.3, -0.25) is 0 Å². The maximum absolute atomic E-state index is 6.30. The molecule has 110 valence electrons. The van der Waals surface area contributed by atoms with E-state index in [0.717, 1.165) is 35.2 Å². The van der Waals surface area contributed by atoms with Gasteiger partial charge in [0.1, 0.15) is 5.82 Å². The van der Waals surface area contributed by atoms with Crippen molar-refractivity contribution in [1.82, 2.24) is 9.55 Å². The average molecular weight is 338 g/mol. The van der Waals surface area contributed by atoms with Crippen LogP contribution in [0.1, 0.15) is 39.9 Å². The van der Waals surface area contributed by atoms with E-state index in [0.29, 0.717) is 0 Å². The summed E-state index contributed by atoms with van der Waals surface area (Å²) in [6, 6.07) is 6.41. The topological polar surface area (TPSA) is 43.8 Å². The second-order valence-electron chi connectivity index (χ2n) is 6.63. The Kier molecular flexibility index (Phi) is 4.55. The fraction of sp³-hybridized carbons (Fsp3) is 0.562. The van der Waals surface area contributed by atoms with E-state index < -0.39 is 0 Å². The van der Waals surface area contributed by atoms with Crippen molar-refractivity contribution in [1.29, 1.82) is 0 Å². The molecule has 1 aromatic carbocycles. The van der Waals surface area contributed by atoms with Gasteiger partial charge in [0.25, 0.3) is 0 Å². The molecule has 0 bridgehead atoms. The van der Waals surface area contributed by atoms with Crippen molar-refractivity contribution in [3.8, 4) is 0 Å². The van der Waals surface area contributed by atoms with Crippen LogP contribution in [0.25, 0.3) is 11.0 Å². The first kappa shape index (κ1) is 15.5. The molecule has 1 aromatic heterocycles. The predicted octanol–water partition coefficient (Wildman–Crippen LogP) is 4.12. The molecule has 1 atom stereocenters. The molecule has 0 aliphatic rings. The summed E-state index contributed by atoms with van der Waals surface area (Å²) in [5, 5.41) is 0. The molecule has 1 unspecified atom stereocenters. The van der Waals surface area contributed by atoms with Gasteiger partial charge < -0.3 is 10.3 Å². The van der Waals surface area contributed by atoms with Crippen LogP contribution in [0.4, 0.5) is 0 Å². The van der Waals surface area contributed by atoms with Gasteiger partial charge in [0.2, 0.25) is 0 Å². The fourth-order valence-electron chi connectivity index (χ4n) is 2.75.